The van der Waals surface area contributed by atoms with Crippen molar-refractivity contribution in [3.63, 3.8) is 0 Å². The van der Waals surface area contributed by atoms with Gasteiger partial charge in [-0.05, 0) is 36.0 Å². The maximum absolute atomic E-state index is 14.2. The molecule has 0 aromatic heterocycles. The number of nitrogens with one attached hydrogen (secondary N) is 1. The van der Waals surface area contributed by atoms with E-state index in [0.29, 0.717) is 24.3 Å². The first kappa shape index (κ1) is 26.4. The molecule has 2 N–H and O–H groups in total. The van der Waals surface area contributed by atoms with Crippen LogP contribution in [0.5, 0.6) is 0 Å². The van der Waals surface area contributed by atoms with Crippen molar-refractivity contribution in [2.45, 2.75) is 25.2 Å². The molecule has 0 aliphatic rings. The number of halogens is 6. The maximum atomic E-state index is 14.2. The SMILES string of the molecule is O=S(=O)(O)c1ccccc1S(=O)(=O)NS(=O)(=O)C(F)(F)C(F)(F)Sc1ccc(F)cc1F. The molecule has 18 heteroatoms. The highest BCUT2D eigenvalue weighted by molar-refractivity contribution is 8.06. The summed E-state index contributed by atoms with van der Waals surface area (Å²) >= 11 is -1.33. The zero-order valence-electron chi connectivity index (χ0n) is 14.8. The van der Waals surface area contributed by atoms with Gasteiger partial charge in [0.25, 0.3) is 30.2 Å². The van der Waals surface area contributed by atoms with Gasteiger partial charge in [-0.15, -0.1) is 0 Å². The van der Waals surface area contributed by atoms with Crippen molar-refractivity contribution >= 4 is 41.9 Å². The zero-order valence-corrected chi connectivity index (χ0v) is 18.1. The Labute approximate surface area is 181 Å². The third-order valence-electron chi connectivity index (χ3n) is 3.44. The highest BCUT2D eigenvalue weighted by atomic mass is 32.3. The quantitative estimate of drug-likeness (QED) is 0.294. The first-order valence-corrected chi connectivity index (χ1v) is 12.8. The van der Waals surface area contributed by atoms with Gasteiger partial charge in [0.05, 0.1) is 0 Å². The van der Waals surface area contributed by atoms with E-state index < -0.39 is 78.8 Å². The van der Waals surface area contributed by atoms with Gasteiger partial charge < -0.3 is 0 Å². The van der Waals surface area contributed by atoms with Crippen LogP contribution in [0.1, 0.15) is 0 Å². The Hall–Kier alpha value is -1.86. The van der Waals surface area contributed by atoms with Gasteiger partial charge in [-0.25, -0.2) is 25.6 Å². The molecule has 0 spiro atoms. The molecule has 2 aromatic carbocycles. The van der Waals surface area contributed by atoms with Crippen LogP contribution >= 0.6 is 11.8 Å². The van der Waals surface area contributed by atoms with Crippen LogP contribution in [0.4, 0.5) is 26.3 Å². The summed E-state index contributed by atoms with van der Waals surface area (Å²) in [4.78, 5) is -4.26. The van der Waals surface area contributed by atoms with E-state index in [2.05, 4.69) is 0 Å². The van der Waals surface area contributed by atoms with Gasteiger partial charge in [-0.2, -0.15) is 26.0 Å². The van der Waals surface area contributed by atoms with Crippen LogP contribution in [0.3, 0.4) is 0 Å². The minimum Gasteiger partial charge on any atom is -0.282 e. The van der Waals surface area contributed by atoms with Crippen LogP contribution in [0, 0.1) is 11.6 Å². The first-order chi connectivity index (χ1) is 14.3. The molecular formula is C14H9F6NO7S4. The fraction of sp³-hybridized carbons (Fsp3) is 0.143. The number of thioether (sulfide) groups is 1. The van der Waals surface area contributed by atoms with Crippen LogP contribution in [0.15, 0.2) is 57.2 Å². The van der Waals surface area contributed by atoms with Gasteiger partial charge in [-0.1, -0.05) is 16.3 Å². The minimum absolute atomic E-state index is 0.0556. The molecule has 2 rings (SSSR count). The number of benzene rings is 2. The highest BCUT2D eigenvalue weighted by Gasteiger charge is 2.67. The summed E-state index contributed by atoms with van der Waals surface area (Å²) in [7, 11) is -17.9. The fourth-order valence-electron chi connectivity index (χ4n) is 2.04. The first-order valence-electron chi connectivity index (χ1n) is 7.56. The van der Waals surface area contributed by atoms with Crippen molar-refractivity contribution in [2.75, 3.05) is 0 Å². The monoisotopic (exact) mass is 545 g/mol. The number of hydrogen-bond acceptors (Lipinski definition) is 7. The second kappa shape index (κ2) is 8.49. The van der Waals surface area contributed by atoms with Crippen molar-refractivity contribution in [3.05, 3.63) is 54.1 Å². The Morgan fingerprint density at radius 3 is 1.88 bits per heavy atom. The lowest BCUT2D eigenvalue weighted by Crippen LogP contribution is -2.51. The Morgan fingerprint density at radius 1 is 0.844 bits per heavy atom. The molecule has 2 aromatic rings. The maximum Gasteiger partial charge on any atom is 0.431 e. The summed E-state index contributed by atoms with van der Waals surface area (Å²) < 4.78 is 163. The normalized spacial score (nSPS) is 13.8. The van der Waals surface area contributed by atoms with Crippen LogP contribution in [0.25, 0.3) is 0 Å². The molecule has 0 heterocycles. The summed E-state index contributed by atoms with van der Waals surface area (Å²) in [5, 5.41) is -11.9. The van der Waals surface area contributed by atoms with E-state index in [1.807, 2.05) is 0 Å². The van der Waals surface area contributed by atoms with E-state index in [4.69, 9.17) is 4.55 Å². The molecule has 0 radical (unpaired) electrons. The minimum atomic E-state index is -6.84. The van der Waals surface area contributed by atoms with E-state index >= 15 is 0 Å². The Morgan fingerprint density at radius 2 is 1.38 bits per heavy atom. The van der Waals surface area contributed by atoms with Gasteiger partial charge in [0.1, 0.15) is 21.4 Å². The van der Waals surface area contributed by atoms with Crippen molar-refractivity contribution in [3.8, 4) is 0 Å². The lowest BCUT2D eigenvalue weighted by molar-refractivity contribution is -0.0905. The van der Waals surface area contributed by atoms with E-state index in [9.17, 15) is 51.6 Å². The number of alkyl halides is 4. The van der Waals surface area contributed by atoms with Crippen molar-refractivity contribution < 1.29 is 56.1 Å². The Kier molecular flexibility index (Phi) is 7.00. The largest absolute Gasteiger partial charge is 0.431 e. The lowest BCUT2D eigenvalue weighted by Gasteiger charge is -2.25. The molecule has 0 atom stereocenters. The molecular weight excluding hydrogens is 536 g/mol. The summed E-state index contributed by atoms with van der Waals surface area (Å²) in [6, 6.07) is 3.35. The molecule has 0 saturated carbocycles. The molecule has 0 aliphatic heterocycles. The molecule has 0 amide bonds. The van der Waals surface area contributed by atoms with Crippen LogP contribution < -0.4 is 4.13 Å². The average molecular weight is 545 g/mol. The molecule has 0 aliphatic carbocycles. The second-order valence-corrected chi connectivity index (χ2v) is 11.9. The van der Waals surface area contributed by atoms with Gasteiger partial charge in [0, 0.05) is 11.0 Å². The van der Waals surface area contributed by atoms with Crippen LogP contribution in [0.2, 0.25) is 0 Å². The molecule has 0 saturated heterocycles. The molecule has 0 bridgehead atoms. The van der Waals surface area contributed by atoms with Crippen molar-refractivity contribution in [1.82, 2.24) is 4.13 Å². The predicted octanol–water partition coefficient (Wildman–Crippen LogP) is 2.80. The molecule has 0 fully saturated rings. The summed E-state index contributed by atoms with van der Waals surface area (Å²) in [6.45, 7) is 0. The smallest absolute Gasteiger partial charge is 0.282 e. The lowest BCUT2D eigenvalue weighted by atomic mass is 10.3. The van der Waals surface area contributed by atoms with Gasteiger partial charge >= 0.3 is 10.5 Å². The summed E-state index contributed by atoms with van der Waals surface area (Å²) in [5.74, 6) is -2.98. The fourth-order valence-corrected chi connectivity index (χ4v) is 7.24. The third kappa shape index (κ3) is 5.20. The number of hydrogen-bond donors (Lipinski definition) is 2. The topological polar surface area (TPSA) is 135 Å². The second-order valence-electron chi connectivity index (χ2n) is 5.72. The third-order valence-corrected chi connectivity index (χ3v) is 9.30. The van der Waals surface area contributed by atoms with Crippen molar-refractivity contribution in [1.29, 1.82) is 0 Å². The summed E-state index contributed by atoms with van der Waals surface area (Å²) in [6.07, 6.45) is 0. The van der Waals surface area contributed by atoms with E-state index in [1.165, 1.54) is 0 Å². The summed E-state index contributed by atoms with van der Waals surface area (Å²) in [5.41, 5.74) is 0. The molecule has 0 unspecified atom stereocenters. The number of sulfonamides is 2. The van der Waals surface area contributed by atoms with Crippen LogP contribution in [-0.4, -0.2) is 40.3 Å². The average Bonchev–Trinajstić information content (AvgIpc) is 2.62. The van der Waals surface area contributed by atoms with Crippen LogP contribution in [-0.2, 0) is 30.2 Å². The van der Waals surface area contributed by atoms with E-state index in [-0.39, 0.29) is 10.2 Å². The predicted molar refractivity (Wildman–Crippen MR) is 97.6 cm³/mol. The standard InChI is InChI=1S/C14H9F6NO7S4/c15-8-5-6-10(9(16)7-8)29-13(17,18)14(19,20)32(27,28)21-30(22,23)11-3-1-2-4-12(11)31(24,25)26/h1-7,21H,(H,24,25,26). The van der Waals surface area contributed by atoms with E-state index in [1.54, 1.807) is 0 Å². The van der Waals surface area contributed by atoms with Gasteiger partial charge in [0.15, 0.2) is 0 Å². The Balaban J connectivity index is 2.48. The highest BCUT2D eigenvalue weighted by Crippen LogP contribution is 2.50. The van der Waals surface area contributed by atoms with Crippen molar-refractivity contribution in [2.24, 2.45) is 0 Å². The molecule has 32 heavy (non-hydrogen) atoms. The van der Waals surface area contributed by atoms with Gasteiger partial charge in [0.2, 0.25) is 0 Å². The van der Waals surface area contributed by atoms with Gasteiger partial charge in [-0.3, -0.25) is 4.55 Å². The van der Waals surface area contributed by atoms with E-state index in [0.717, 1.165) is 12.1 Å². The number of rotatable bonds is 8. The zero-order chi connectivity index (χ0) is 24.8. The molecule has 8 nitrogen and oxygen atoms in total. The Bertz CT molecular complexity index is 1360. The molecule has 178 valence electrons.